The summed E-state index contributed by atoms with van der Waals surface area (Å²) in [5.41, 5.74) is 3.74. The Morgan fingerprint density at radius 1 is 1.10 bits per heavy atom. The van der Waals surface area contributed by atoms with Crippen molar-refractivity contribution in [2.45, 2.75) is 6.92 Å². The molecule has 0 unspecified atom stereocenters. The Morgan fingerprint density at radius 2 is 1.83 bits per heavy atom. The van der Waals surface area contributed by atoms with Crippen molar-refractivity contribution < 1.29 is 19.1 Å². The predicted molar refractivity (Wildman–Crippen MR) is 114 cm³/mol. The van der Waals surface area contributed by atoms with Gasteiger partial charge in [0.15, 0.2) is 11.7 Å². The molecule has 1 amide bonds. The lowest BCUT2D eigenvalue weighted by atomic mass is 10.1. The van der Waals surface area contributed by atoms with Crippen LogP contribution in [0.4, 0.5) is 5.13 Å². The van der Waals surface area contributed by atoms with Gasteiger partial charge in [-0.05, 0) is 30.7 Å². The molecule has 0 aliphatic carbocycles. The fourth-order valence-electron chi connectivity index (χ4n) is 2.41. The number of hydrogen-bond donors (Lipinski definition) is 1. The third kappa shape index (κ3) is 6.02. The van der Waals surface area contributed by atoms with Gasteiger partial charge in [0.1, 0.15) is 5.75 Å². The van der Waals surface area contributed by atoms with Crippen molar-refractivity contribution in [2.75, 3.05) is 19.0 Å². The maximum Gasteiger partial charge on any atom is 0.331 e. The summed E-state index contributed by atoms with van der Waals surface area (Å²) in [5, 5.41) is 4.96. The van der Waals surface area contributed by atoms with Crippen LogP contribution in [0.25, 0.3) is 17.3 Å². The molecule has 0 saturated carbocycles. The van der Waals surface area contributed by atoms with Crippen molar-refractivity contribution in [3.63, 3.8) is 0 Å². The molecule has 0 bridgehead atoms. The molecule has 3 rings (SSSR count). The van der Waals surface area contributed by atoms with Gasteiger partial charge in [0, 0.05) is 17.0 Å². The molecule has 0 atom stereocenters. The van der Waals surface area contributed by atoms with E-state index in [0.29, 0.717) is 5.13 Å². The highest BCUT2D eigenvalue weighted by molar-refractivity contribution is 7.14. The number of ether oxygens (including phenoxy) is 2. The Hall–Kier alpha value is -3.45. The van der Waals surface area contributed by atoms with E-state index in [-0.39, 0.29) is 6.61 Å². The number of rotatable bonds is 7. The van der Waals surface area contributed by atoms with Gasteiger partial charge in [0.05, 0.1) is 12.8 Å². The van der Waals surface area contributed by atoms with Gasteiger partial charge in [0.25, 0.3) is 5.91 Å². The van der Waals surface area contributed by atoms with Crippen LogP contribution < -0.4 is 10.1 Å². The van der Waals surface area contributed by atoms with Gasteiger partial charge in [-0.15, -0.1) is 11.3 Å². The number of nitrogens with one attached hydrogen (secondary N) is 1. The van der Waals surface area contributed by atoms with E-state index in [1.165, 1.54) is 23.0 Å². The third-order valence-electron chi connectivity index (χ3n) is 3.97. The van der Waals surface area contributed by atoms with E-state index in [1.807, 2.05) is 48.7 Å². The second kappa shape index (κ2) is 9.66. The zero-order valence-corrected chi connectivity index (χ0v) is 16.9. The highest BCUT2D eigenvalue weighted by atomic mass is 32.1. The first-order chi connectivity index (χ1) is 14.0. The minimum absolute atomic E-state index is 0.384. The van der Waals surface area contributed by atoms with Crippen molar-refractivity contribution in [3.05, 3.63) is 71.1 Å². The fraction of sp³-hybridized carbons (Fsp3) is 0.136. The minimum Gasteiger partial charge on any atom is -0.497 e. The lowest BCUT2D eigenvalue weighted by Crippen LogP contribution is -2.20. The van der Waals surface area contributed by atoms with Crippen molar-refractivity contribution in [1.82, 2.24) is 4.98 Å². The molecule has 0 aliphatic heterocycles. The number of anilines is 1. The van der Waals surface area contributed by atoms with Crippen molar-refractivity contribution >= 4 is 34.4 Å². The van der Waals surface area contributed by atoms with E-state index in [9.17, 15) is 9.59 Å². The maximum absolute atomic E-state index is 12.0. The molecular formula is C22H20N2O4S. The van der Waals surface area contributed by atoms with E-state index < -0.39 is 11.9 Å². The van der Waals surface area contributed by atoms with Crippen LogP contribution in [0.5, 0.6) is 5.75 Å². The Labute approximate surface area is 172 Å². The minimum atomic E-state index is -0.601. The predicted octanol–water partition coefficient (Wildman–Crippen LogP) is 4.32. The molecular weight excluding hydrogens is 388 g/mol. The average molecular weight is 408 g/mol. The lowest BCUT2D eigenvalue weighted by Gasteiger charge is -2.02. The van der Waals surface area contributed by atoms with Crippen molar-refractivity contribution in [1.29, 1.82) is 0 Å². The van der Waals surface area contributed by atoms with Crippen LogP contribution in [-0.2, 0) is 14.3 Å². The summed E-state index contributed by atoms with van der Waals surface area (Å²) >= 11 is 1.31. The van der Waals surface area contributed by atoms with Crippen LogP contribution in [0.2, 0.25) is 0 Å². The highest BCUT2D eigenvalue weighted by Crippen LogP contribution is 2.25. The molecule has 3 aromatic rings. The smallest absolute Gasteiger partial charge is 0.331 e. The molecule has 29 heavy (non-hydrogen) atoms. The molecule has 1 aromatic heterocycles. The number of amides is 1. The van der Waals surface area contributed by atoms with Crippen molar-refractivity contribution in [3.8, 4) is 17.0 Å². The molecule has 148 valence electrons. The number of methoxy groups -OCH3 is 1. The topological polar surface area (TPSA) is 77.5 Å². The van der Waals surface area contributed by atoms with Gasteiger partial charge in [-0.25, -0.2) is 9.78 Å². The van der Waals surface area contributed by atoms with E-state index in [1.54, 1.807) is 25.3 Å². The number of carbonyl (C=O) groups excluding carboxylic acids is 2. The normalized spacial score (nSPS) is 10.7. The van der Waals surface area contributed by atoms with E-state index in [0.717, 1.165) is 22.6 Å². The van der Waals surface area contributed by atoms with Crippen LogP contribution in [-0.4, -0.2) is 30.6 Å². The first-order valence-corrected chi connectivity index (χ1v) is 9.73. The standard InChI is InChI=1S/C22H20N2O4S/c1-15-3-8-17(9-4-15)19-14-29-22(23-19)24-20(25)13-28-21(26)12-7-16-5-10-18(27-2)11-6-16/h3-12,14H,13H2,1-2H3,(H,23,24,25)/b12-7+. The highest BCUT2D eigenvalue weighted by Gasteiger charge is 2.10. The Balaban J connectivity index is 1.47. The molecule has 0 fully saturated rings. The molecule has 1 N–H and O–H groups in total. The summed E-state index contributed by atoms with van der Waals surface area (Å²) in [7, 11) is 1.59. The monoisotopic (exact) mass is 408 g/mol. The third-order valence-corrected chi connectivity index (χ3v) is 4.73. The van der Waals surface area contributed by atoms with Gasteiger partial charge in [0.2, 0.25) is 0 Å². The molecule has 6 nitrogen and oxygen atoms in total. The molecule has 0 saturated heterocycles. The molecule has 0 radical (unpaired) electrons. The number of benzene rings is 2. The average Bonchev–Trinajstić information content (AvgIpc) is 3.20. The van der Waals surface area contributed by atoms with Gasteiger partial charge >= 0.3 is 5.97 Å². The zero-order chi connectivity index (χ0) is 20.6. The fourth-order valence-corrected chi connectivity index (χ4v) is 3.14. The number of thiazole rings is 1. The number of hydrogen-bond acceptors (Lipinski definition) is 6. The quantitative estimate of drug-likeness (QED) is 0.465. The SMILES string of the molecule is COc1ccc(/C=C/C(=O)OCC(=O)Nc2nc(-c3ccc(C)cc3)cs2)cc1. The maximum atomic E-state index is 12.0. The summed E-state index contributed by atoms with van der Waals surface area (Å²) in [5.74, 6) is -0.314. The van der Waals surface area contributed by atoms with Gasteiger partial charge in [-0.3, -0.25) is 10.1 Å². The Morgan fingerprint density at radius 3 is 2.52 bits per heavy atom. The molecule has 0 aliphatic rings. The van der Waals surface area contributed by atoms with E-state index in [4.69, 9.17) is 9.47 Å². The molecule has 1 heterocycles. The van der Waals surface area contributed by atoms with Crippen molar-refractivity contribution in [2.24, 2.45) is 0 Å². The van der Waals surface area contributed by atoms with Crippen LogP contribution in [0.1, 0.15) is 11.1 Å². The number of carbonyl (C=O) groups is 2. The number of nitrogens with zero attached hydrogens (tertiary/aromatic N) is 1. The van der Waals surface area contributed by atoms with E-state index in [2.05, 4.69) is 10.3 Å². The van der Waals surface area contributed by atoms with Crippen LogP contribution in [0.3, 0.4) is 0 Å². The molecule has 7 heteroatoms. The number of aromatic nitrogens is 1. The number of esters is 1. The zero-order valence-electron chi connectivity index (χ0n) is 16.0. The first kappa shape index (κ1) is 20.3. The van der Waals surface area contributed by atoms with Crippen LogP contribution in [0, 0.1) is 6.92 Å². The summed E-state index contributed by atoms with van der Waals surface area (Å²) in [6.45, 7) is 1.63. The second-order valence-electron chi connectivity index (χ2n) is 6.17. The van der Waals surface area contributed by atoms with Crippen LogP contribution >= 0.6 is 11.3 Å². The summed E-state index contributed by atoms with van der Waals surface area (Å²) in [4.78, 5) is 28.2. The second-order valence-corrected chi connectivity index (χ2v) is 7.02. The summed E-state index contributed by atoms with van der Waals surface area (Å²) in [6.07, 6.45) is 2.88. The first-order valence-electron chi connectivity index (χ1n) is 8.85. The van der Waals surface area contributed by atoms with Gasteiger partial charge < -0.3 is 9.47 Å². The Bertz CT molecular complexity index is 1010. The summed E-state index contributed by atoms with van der Waals surface area (Å²) in [6, 6.07) is 15.2. The van der Waals surface area contributed by atoms with Gasteiger partial charge in [-0.2, -0.15) is 0 Å². The number of aryl methyl sites for hydroxylation is 1. The lowest BCUT2D eigenvalue weighted by molar-refractivity contribution is -0.142. The summed E-state index contributed by atoms with van der Waals surface area (Å²) < 4.78 is 10.0. The Kier molecular flexibility index (Phi) is 6.76. The van der Waals surface area contributed by atoms with Crippen LogP contribution in [0.15, 0.2) is 60.0 Å². The largest absolute Gasteiger partial charge is 0.497 e. The van der Waals surface area contributed by atoms with Gasteiger partial charge in [-0.1, -0.05) is 42.0 Å². The molecule has 0 spiro atoms. The molecule has 2 aromatic carbocycles. The van der Waals surface area contributed by atoms with E-state index >= 15 is 0 Å².